The Balaban J connectivity index is 1.49. The summed E-state index contributed by atoms with van der Waals surface area (Å²) in [5.41, 5.74) is 2.19. The lowest BCUT2D eigenvalue weighted by Gasteiger charge is -2.36. The van der Waals surface area contributed by atoms with E-state index in [1.165, 1.54) is 12.0 Å². The minimum absolute atomic E-state index is 0.00278. The van der Waals surface area contributed by atoms with Gasteiger partial charge in [-0.3, -0.25) is 9.69 Å². The molecule has 0 spiro atoms. The molecule has 5 rings (SSSR count). The molecule has 3 aliphatic rings. The van der Waals surface area contributed by atoms with Crippen molar-refractivity contribution in [3.63, 3.8) is 0 Å². The summed E-state index contributed by atoms with van der Waals surface area (Å²) in [6, 6.07) is 13.0. The third-order valence-electron chi connectivity index (χ3n) is 6.01. The number of benzene rings is 1. The van der Waals surface area contributed by atoms with Gasteiger partial charge in [-0.25, -0.2) is 0 Å². The Kier molecular flexibility index (Phi) is 4.85. The highest BCUT2D eigenvalue weighted by atomic mass is 16.2. The van der Waals surface area contributed by atoms with Gasteiger partial charge in [0, 0.05) is 50.2 Å². The lowest BCUT2D eigenvalue weighted by Crippen LogP contribution is -2.47. The van der Waals surface area contributed by atoms with E-state index in [4.69, 9.17) is 0 Å². The number of hydrogen-bond donors (Lipinski definition) is 0. The zero-order chi connectivity index (χ0) is 19.0. The fourth-order valence-electron chi connectivity index (χ4n) is 4.50. The zero-order valence-electron chi connectivity index (χ0n) is 16.8. The van der Waals surface area contributed by atoms with Crippen LogP contribution in [-0.4, -0.2) is 46.0 Å². The Bertz CT molecular complexity index is 789. The third kappa shape index (κ3) is 3.96. The highest BCUT2D eigenvalue weighted by Crippen LogP contribution is 2.30. The second kappa shape index (κ2) is 7.16. The first kappa shape index (κ1) is 18.3. The van der Waals surface area contributed by atoms with Gasteiger partial charge in [0.25, 0.3) is 5.91 Å². The molecule has 2 aromatic rings. The zero-order valence-corrected chi connectivity index (χ0v) is 16.8. The van der Waals surface area contributed by atoms with Gasteiger partial charge in [-0.2, -0.15) is 0 Å². The van der Waals surface area contributed by atoms with Crippen LogP contribution in [0, 0.1) is 5.92 Å². The van der Waals surface area contributed by atoms with Crippen LogP contribution >= 0.6 is 0 Å². The van der Waals surface area contributed by atoms with E-state index >= 15 is 0 Å². The number of carbonyl (C=O) groups is 1. The molecule has 4 heteroatoms. The Morgan fingerprint density at radius 1 is 1.04 bits per heavy atom. The summed E-state index contributed by atoms with van der Waals surface area (Å²) < 4.78 is 2.14. The van der Waals surface area contributed by atoms with Gasteiger partial charge in [-0.1, -0.05) is 30.3 Å². The Labute approximate surface area is 162 Å². The molecular formula is C23H31N3O. The quantitative estimate of drug-likeness (QED) is 0.823. The molecule has 27 heavy (non-hydrogen) atoms. The summed E-state index contributed by atoms with van der Waals surface area (Å²) in [4.78, 5) is 17.9. The molecule has 1 aromatic heterocycles. The fraction of sp³-hybridized carbons (Fsp3) is 0.522. The van der Waals surface area contributed by atoms with E-state index in [0.29, 0.717) is 12.0 Å². The molecule has 0 aliphatic carbocycles. The van der Waals surface area contributed by atoms with Crippen LogP contribution in [0.5, 0.6) is 0 Å². The molecule has 4 heterocycles. The summed E-state index contributed by atoms with van der Waals surface area (Å²) in [7, 11) is 0. The van der Waals surface area contributed by atoms with Crippen molar-refractivity contribution >= 4 is 5.91 Å². The van der Waals surface area contributed by atoms with E-state index in [2.05, 4.69) is 65.5 Å². The summed E-state index contributed by atoms with van der Waals surface area (Å²) >= 11 is 0. The minimum atomic E-state index is 0.00278. The Morgan fingerprint density at radius 3 is 2.52 bits per heavy atom. The topological polar surface area (TPSA) is 28.5 Å². The van der Waals surface area contributed by atoms with Crippen molar-refractivity contribution in [1.29, 1.82) is 0 Å². The second-order valence-corrected chi connectivity index (χ2v) is 9.21. The number of carbonyl (C=O) groups excluding carboxylic acids is 1. The summed E-state index contributed by atoms with van der Waals surface area (Å²) in [5.74, 6) is 0.787. The van der Waals surface area contributed by atoms with Crippen LogP contribution in [0.4, 0.5) is 0 Å². The van der Waals surface area contributed by atoms with Gasteiger partial charge in [-0.05, 0) is 51.2 Å². The van der Waals surface area contributed by atoms with Crippen LogP contribution in [0.15, 0.2) is 48.8 Å². The summed E-state index contributed by atoms with van der Waals surface area (Å²) in [5, 5.41) is 0. The first-order chi connectivity index (χ1) is 12.9. The van der Waals surface area contributed by atoms with Crippen molar-refractivity contribution in [2.24, 2.45) is 5.92 Å². The number of piperidine rings is 1. The molecule has 0 N–H and O–H groups in total. The minimum Gasteiger partial charge on any atom is -0.348 e. The maximum atomic E-state index is 13.2. The lowest BCUT2D eigenvalue weighted by atomic mass is 9.94. The van der Waals surface area contributed by atoms with Crippen molar-refractivity contribution in [2.45, 2.75) is 51.7 Å². The molecule has 0 unspecified atom stereocenters. The lowest BCUT2D eigenvalue weighted by molar-refractivity contribution is 0.0584. The van der Waals surface area contributed by atoms with Gasteiger partial charge in [-0.15, -0.1) is 0 Å². The molecule has 144 valence electrons. The van der Waals surface area contributed by atoms with Crippen molar-refractivity contribution < 1.29 is 4.79 Å². The smallest absolute Gasteiger partial charge is 0.255 e. The van der Waals surface area contributed by atoms with E-state index in [9.17, 15) is 4.79 Å². The predicted molar refractivity (Wildman–Crippen MR) is 109 cm³/mol. The monoisotopic (exact) mass is 365 g/mol. The second-order valence-electron chi connectivity index (χ2n) is 9.21. The molecule has 3 aliphatic heterocycles. The maximum Gasteiger partial charge on any atom is 0.255 e. The molecule has 0 radical (unpaired) electrons. The van der Waals surface area contributed by atoms with E-state index < -0.39 is 0 Å². The third-order valence-corrected chi connectivity index (χ3v) is 6.01. The standard InChI is InChI=1S/C23H31N3O/c1-23(2,3)25-12-11-20(16-25)22(27)26-15-19-9-10-21(26)17-24(14-19)13-18-7-5-4-6-8-18/h4-8,11-12,16,19,21H,9-10,13-15,17H2,1-3H3/t19-,21+/m0/s1. The van der Waals surface area contributed by atoms with Gasteiger partial charge in [0.1, 0.15) is 0 Å². The normalized spacial score (nSPS) is 23.4. The number of hydrogen-bond acceptors (Lipinski definition) is 2. The number of nitrogens with zero attached hydrogens (tertiary/aromatic N) is 3. The van der Waals surface area contributed by atoms with Crippen LogP contribution in [0.1, 0.15) is 49.5 Å². The average Bonchev–Trinajstić information content (AvgIpc) is 2.99. The van der Waals surface area contributed by atoms with E-state index in [0.717, 1.165) is 38.2 Å². The summed E-state index contributed by atoms with van der Waals surface area (Å²) in [6.45, 7) is 10.4. The number of aromatic nitrogens is 1. The molecule has 1 aromatic carbocycles. The summed E-state index contributed by atoms with van der Waals surface area (Å²) in [6.07, 6.45) is 6.41. The molecule has 3 saturated heterocycles. The molecule has 1 amide bonds. The van der Waals surface area contributed by atoms with Crippen LogP contribution < -0.4 is 0 Å². The van der Waals surface area contributed by atoms with Crippen molar-refractivity contribution in [3.05, 3.63) is 59.9 Å². The van der Waals surface area contributed by atoms with Gasteiger partial charge >= 0.3 is 0 Å². The largest absolute Gasteiger partial charge is 0.348 e. The first-order valence-electron chi connectivity index (χ1n) is 10.2. The molecule has 4 nitrogen and oxygen atoms in total. The highest BCUT2D eigenvalue weighted by Gasteiger charge is 2.37. The van der Waals surface area contributed by atoms with E-state index in [-0.39, 0.29) is 11.4 Å². The van der Waals surface area contributed by atoms with Crippen molar-refractivity contribution in [1.82, 2.24) is 14.4 Å². The molecule has 0 saturated carbocycles. The average molecular weight is 366 g/mol. The number of fused-ring (bicyclic) bond motifs is 4. The molecule has 3 fully saturated rings. The van der Waals surface area contributed by atoms with Crippen molar-refractivity contribution in [2.75, 3.05) is 19.6 Å². The number of amides is 1. The van der Waals surface area contributed by atoms with Gasteiger partial charge < -0.3 is 9.47 Å². The van der Waals surface area contributed by atoms with Gasteiger partial charge in [0.15, 0.2) is 0 Å². The van der Waals surface area contributed by atoms with Crippen LogP contribution in [0.2, 0.25) is 0 Å². The highest BCUT2D eigenvalue weighted by molar-refractivity contribution is 5.94. The van der Waals surface area contributed by atoms with E-state index in [1.54, 1.807) is 0 Å². The number of rotatable bonds is 3. The van der Waals surface area contributed by atoms with E-state index in [1.807, 2.05) is 18.5 Å². The Morgan fingerprint density at radius 2 is 1.81 bits per heavy atom. The fourth-order valence-corrected chi connectivity index (χ4v) is 4.50. The predicted octanol–water partition coefficient (Wildman–Crippen LogP) is 3.98. The van der Waals surface area contributed by atoms with Crippen molar-refractivity contribution in [3.8, 4) is 0 Å². The molecule has 2 bridgehead atoms. The van der Waals surface area contributed by atoms with Gasteiger partial charge in [0.05, 0.1) is 5.56 Å². The maximum absolute atomic E-state index is 13.2. The SMILES string of the molecule is CC(C)(C)n1ccc(C(=O)N2C[C@H]3CC[C@@H]2CN(Cc2ccccc2)C3)c1. The van der Waals surface area contributed by atoms with Crippen LogP contribution in [0.25, 0.3) is 0 Å². The van der Waals surface area contributed by atoms with Crippen LogP contribution in [-0.2, 0) is 12.1 Å². The Hall–Kier alpha value is -2.07. The molecule has 2 atom stereocenters. The first-order valence-corrected chi connectivity index (χ1v) is 10.2. The van der Waals surface area contributed by atoms with Gasteiger partial charge in [0.2, 0.25) is 0 Å². The van der Waals surface area contributed by atoms with Crippen LogP contribution in [0.3, 0.4) is 0 Å². The molecular weight excluding hydrogens is 334 g/mol.